The highest BCUT2D eigenvalue weighted by molar-refractivity contribution is 9.10. The predicted octanol–water partition coefficient (Wildman–Crippen LogP) is 9.15. The summed E-state index contributed by atoms with van der Waals surface area (Å²) < 4.78 is 2.93. The standard InChI is InChI=1S/C34H33BrCl2N8/c1-34(2,3)44-13-11-27(12-14-44)45-20-30(42-43-45)32(21-7-9-24(36)10-8-21)41-26-16-28-31(40-25-6-4-5-23(35)15-25)22(18-38)19-39-33(28)29(37)17-26/h4-10,15-17,19-20,27,32,41H,11-14H2,1-3H3,(H,39,40). The molecule has 0 aliphatic carbocycles. The fraction of sp³-hybridized carbons (Fsp3) is 0.294. The molecular formula is C34H33BrCl2N8. The van der Waals surface area contributed by atoms with Crippen molar-refractivity contribution in [1.82, 2.24) is 24.9 Å². The molecule has 45 heavy (non-hydrogen) atoms. The molecule has 8 nitrogen and oxygen atoms in total. The molecule has 1 unspecified atom stereocenters. The number of halogens is 3. The van der Waals surface area contributed by atoms with Crippen LogP contribution in [0.5, 0.6) is 0 Å². The monoisotopic (exact) mass is 702 g/mol. The molecule has 1 fully saturated rings. The Morgan fingerprint density at radius 1 is 1.02 bits per heavy atom. The van der Waals surface area contributed by atoms with E-state index in [0.717, 1.165) is 53.0 Å². The molecule has 1 aliphatic rings. The number of nitriles is 1. The molecular weight excluding hydrogens is 671 g/mol. The molecule has 3 heterocycles. The topological polar surface area (TPSA) is 94.7 Å². The van der Waals surface area contributed by atoms with Gasteiger partial charge in [-0.15, -0.1) is 5.10 Å². The fourth-order valence-electron chi connectivity index (χ4n) is 5.83. The van der Waals surface area contributed by atoms with Gasteiger partial charge in [0, 0.05) is 51.1 Å². The van der Waals surface area contributed by atoms with E-state index >= 15 is 0 Å². The average molecular weight is 705 g/mol. The van der Waals surface area contributed by atoms with Crippen LogP contribution < -0.4 is 10.6 Å². The van der Waals surface area contributed by atoms with E-state index in [1.54, 1.807) is 6.20 Å². The zero-order valence-corrected chi connectivity index (χ0v) is 28.3. The predicted molar refractivity (Wildman–Crippen MR) is 185 cm³/mol. The number of fused-ring (bicyclic) bond motifs is 1. The van der Waals surface area contributed by atoms with Gasteiger partial charge in [-0.25, -0.2) is 4.68 Å². The van der Waals surface area contributed by atoms with Crippen LogP contribution in [0.1, 0.15) is 62.5 Å². The number of nitrogens with one attached hydrogen (secondary N) is 2. The number of anilines is 3. The van der Waals surface area contributed by atoms with E-state index in [0.29, 0.717) is 32.2 Å². The number of nitrogens with zero attached hydrogens (tertiary/aromatic N) is 6. The van der Waals surface area contributed by atoms with Crippen molar-refractivity contribution in [1.29, 1.82) is 5.26 Å². The Labute approximate surface area is 281 Å². The maximum atomic E-state index is 9.96. The third-order valence-corrected chi connectivity index (χ3v) is 9.30. The second-order valence-corrected chi connectivity index (χ2v) is 14.0. The lowest BCUT2D eigenvalue weighted by molar-refractivity contribution is 0.0866. The van der Waals surface area contributed by atoms with E-state index in [-0.39, 0.29) is 17.6 Å². The van der Waals surface area contributed by atoms with E-state index in [9.17, 15) is 5.26 Å². The largest absolute Gasteiger partial charge is 0.373 e. The molecule has 1 aliphatic heterocycles. The van der Waals surface area contributed by atoms with Gasteiger partial charge in [0.05, 0.1) is 40.1 Å². The SMILES string of the molecule is CC(C)(C)N1CCC(n2cc(C(Nc3cc(Cl)c4ncc(C#N)c(Nc5cccc(Br)c5)c4c3)c3ccc(Cl)cc3)nn2)CC1. The minimum Gasteiger partial charge on any atom is -0.373 e. The maximum absolute atomic E-state index is 9.96. The molecule has 0 radical (unpaired) electrons. The minimum atomic E-state index is -0.340. The Hall–Kier alpha value is -3.68. The van der Waals surface area contributed by atoms with Crippen LogP contribution in [0.25, 0.3) is 10.9 Å². The van der Waals surface area contributed by atoms with Crippen LogP contribution in [0.4, 0.5) is 17.1 Å². The first-order chi connectivity index (χ1) is 21.6. The van der Waals surface area contributed by atoms with Crippen molar-refractivity contribution < 1.29 is 0 Å². The third kappa shape index (κ3) is 6.95. The Morgan fingerprint density at radius 3 is 2.47 bits per heavy atom. The number of aromatic nitrogens is 4. The molecule has 6 rings (SSSR count). The van der Waals surface area contributed by atoms with Gasteiger partial charge in [0.1, 0.15) is 11.8 Å². The van der Waals surface area contributed by atoms with Crippen molar-refractivity contribution in [3.05, 3.63) is 104 Å². The summed E-state index contributed by atoms with van der Waals surface area (Å²) in [6.07, 6.45) is 5.62. The van der Waals surface area contributed by atoms with E-state index < -0.39 is 0 Å². The zero-order valence-electron chi connectivity index (χ0n) is 25.2. The molecule has 11 heteroatoms. The van der Waals surface area contributed by atoms with E-state index in [1.807, 2.05) is 71.5 Å². The second-order valence-electron chi connectivity index (χ2n) is 12.3. The number of pyridine rings is 1. The van der Waals surface area contributed by atoms with Gasteiger partial charge in [0.2, 0.25) is 0 Å². The van der Waals surface area contributed by atoms with Gasteiger partial charge in [-0.2, -0.15) is 5.26 Å². The lowest BCUT2D eigenvalue weighted by Crippen LogP contribution is -2.46. The summed E-state index contributed by atoms with van der Waals surface area (Å²) in [5.74, 6) is 0. The van der Waals surface area contributed by atoms with Gasteiger partial charge >= 0.3 is 0 Å². The van der Waals surface area contributed by atoms with E-state index in [2.05, 4.69) is 73.6 Å². The molecule has 1 saturated heterocycles. The number of hydrogen-bond donors (Lipinski definition) is 2. The lowest BCUT2D eigenvalue weighted by atomic mass is 9.98. The average Bonchev–Trinajstić information content (AvgIpc) is 3.51. The fourth-order valence-corrected chi connectivity index (χ4v) is 6.62. The van der Waals surface area contributed by atoms with Crippen molar-refractivity contribution in [2.24, 2.45) is 0 Å². The van der Waals surface area contributed by atoms with Crippen LogP contribution >= 0.6 is 39.1 Å². The Balaban J connectivity index is 1.36. The van der Waals surface area contributed by atoms with Crippen molar-refractivity contribution in [3.8, 4) is 6.07 Å². The highest BCUT2D eigenvalue weighted by Crippen LogP contribution is 2.37. The summed E-state index contributed by atoms with van der Waals surface area (Å²) in [6, 6.07) is 21.5. The quantitative estimate of drug-likeness (QED) is 0.175. The van der Waals surface area contributed by atoms with E-state index in [4.69, 9.17) is 23.2 Å². The Kier molecular flexibility index (Phi) is 9.03. The van der Waals surface area contributed by atoms with Crippen molar-refractivity contribution in [2.75, 3.05) is 23.7 Å². The smallest absolute Gasteiger partial charge is 0.109 e. The zero-order chi connectivity index (χ0) is 31.7. The van der Waals surface area contributed by atoms with Crippen LogP contribution in [0.2, 0.25) is 10.0 Å². The summed E-state index contributed by atoms with van der Waals surface area (Å²) in [5.41, 5.74) is 5.10. The van der Waals surface area contributed by atoms with Crippen molar-refractivity contribution in [2.45, 2.75) is 51.2 Å². The van der Waals surface area contributed by atoms with Crippen LogP contribution in [-0.4, -0.2) is 43.5 Å². The van der Waals surface area contributed by atoms with Crippen molar-refractivity contribution >= 4 is 67.1 Å². The third-order valence-electron chi connectivity index (χ3n) is 8.26. The lowest BCUT2D eigenvalue weighted by Gasteiger charge is -2.40. The molecule has 0 amide bonds. The summed E-state index contributed by atoms with van der Waals surface area (Å²) in [6.45, 7) is 8.83. The second kappa shape index (κ2) is 13.0. The molecule has 3 aromatic carbocycles. The van der Waals surface area contributed by atoms with Gasteiger partial charge in [0.15, 0.2) is 0 Å². The van der Waals surface area contributed by atoms with Crippen LogP contribution in [0, 0.1) is 11.3 Å². The number of likely N-dealkylation sites (tertiary alicyclic amines) is 1. The first-order valence-electron chi connectivity index (χ1n) is 14.8. The summed E-state index contributed by atoms with van der Waals surface area (Å²) in [5, 5.41) is 28.1. The molecule has 230 valence electrons. The van der Waals surface area contributed by atoms with E-state index in [1.165, 1.54) is 0 Å². The molecule has 2 N–H and O–H groups in total. The highest BCUT2D eigenvalue weighted by atomic mass is 79.9. The summed E-state index contributed by atoms with van der Waals surface area (Å²) in [7, 11) is 0. The molecule has 1 atom stereocenters. The first-order valence-corrected chi connectivity index (χ1v) is 16.4. The van der Waals surface area contributed by atoms with Crippen LogP contribution in [0.15, 0.2) is 77.5 Å². The molecule has 0 bridgehead atoms. The number of hydrogen-bond acceptors (Lipinski definition) is 7. The number of piperidine rings is 1. The molecule has 5 aromatic rings. The Morgan fingerprint density at radius 2 is 1.78 bits per heavy atom. The van der Waals surface area contributed by atoms with Crippen LogP contribution in [0.3, 0.4) is 0 Å². The van der Waals surface area contributed by atoms with Gasteiger partial charge < -0.3 is 10.6 Å². The molecule has 0 saturated carbocycles. The number of benzene rings is 3. The van der Waals surface area contributed by atoms with Gasteiger partial charge in [-0.05, 0) is 81.6 Å². The van der Waals surface area contributed by atoms with Crippen molar-refractivity contribution in [3.63, 3.8) is 0 Å². The summed E-state index contributed by atoms with van der Waals surface area (Å²) in [4.78, 5) is 7.04. The van der Waals surface area contributed by atoms with Gasteiger partial charge in [0.25, 0.3) is 0 Å². The summed E-state index contributed by atoms with van der Waals surface area (Å²) >= 11 is 16.6. The first kappa shape index (κ1) is 31.3. The molecule has 0 spiro atoms. The maximum Gasteiger partial charge on any atom is 0.109 e. The van der Waals surface area contributed by atoms with Gasteiger partial charge in [-0.1, -0.05) is 62.5 Å². The van der Waals surface area contributed by atoms with Gasteiger partial charge in [-0.3, -0.25) is 9.88 Å². The Bertz CT molecular complexity index is 1870. The van der Waals surface area contributed by atoms with Crippen LogP contribution in [-0.2, 0) is 0 Å². The normalized spacial score (nSPS) is 15.1. The number of rotatable bonds is 7. The highest BCUT2D eigenvalue weighted by Gasteiger charge is 2.29. The minimum absolute atomic E-state index is 0.153. The molecule has 2 aromatic heterocycles.